The van der Waals surface area contributed by atoms with Crippen molar-refractivity contribution in [3.8, 4) is 16.9 Å². The van der Waals surface area contributed by atoms with Crippen LogP contribution in [0.3, 0.4) is 0 Å². The number of hydrogen-bond acceptors (Lipinski definition) is 1. The summed E-state index contributed by atoms with van der Waals surface area (Å²) in [5, 5.41) is 10.1. The van der Waals surface area contributed by atoms with E-state index in [0.717, 1.165) is 16.5 Å². The number of benzene rings is 2. The molecule has 1 nitrogen and oxygen atoms in total. The zero-order valence-electron chi connectivity index (χ0n) is 9.31. The first-order valence-electron chi connectivity index (χ1n) is 5.41. The first-order chi connectivity index (χ1) is 8.29. The highest BCUT2D eigenvalue weighted by Crippen LogP contribution is 2.22. The van der Waals surface area contributed by atoms with E-state index in [9.17, 15) is 5.11 Å². The van der Waals surface area contributed by atoms with Crippen LogP contribution in [-0.4, -0.2) is 10.4 Å². The van der Waals surface area contributed by atoms with Gasteiger partial charge in [-0.1, -0.05) is 64.5 Å². The highest BCUT2D eigenvalue weighted by Gasteiger charge is 1.97. The van der Waals surface area contributed by atoms with Gasteiger partial charge in [-0.3, -0.25) is 0 Å². The summed E-state index contributed by atoms with van der Waals surface area (Å²) in [5.74, 6) is 0.297. The largest absolute Gasteiger partial charge is 0.508 e. The molecule has 17 heavy (non-hydrogen) atoms. The second-order valence-electron chi connectivity index (χ2n) is 3.73. The van der Waals surface area contributed by atoms with E-state index in [4.69, 9.17) is 0 Å². The molecule has 1 N–H and O–H groups in total. The third-order valence-electron chi connectivity index (χ3n) is 2.51. The first-order valence-corrected chi connectivity index (χ1v) is 6.54. The van der Waals surface area contributed by atoms with E-state index >= 15 is 0 Å². The van der Waals surface area contributed by atoms with Gasteiger partial charge in [-0.25, -0.2) is 0 Å². The smallest absolute Gasteiger partial charge is 0.115 e. The number of allylic oxidation sites excluding steroid dienone is 1. The van der Waals surface area contributed by atoms with E-state index in [1.165, 1.54) is 5.56 Å². The van der Waals surface area contributed by atoms with Gasteiger partial charge in [0.2, 0.25) is 0 Å². The molecule has 0 saturated heterocycles. The maximum Gasteiger partial charge on any atom is 0.115 e. The molecule has 2 aromatic rings. The predicted molar refractivity (Wildman–Crippen MR) is 76.4 cm³/mol. The maximum absolute atomic E-state index is 9.23. The topological polar surface area (TPSA) is 20.2 Å². The summed E-state index contributed by atoms with van der Waals surface area (Å²) in [7, 11) is 0. The third kappa shape index (κ3) is 3.21. The minimum Gasteiger partial charge on any atom is -0.508 e. The van der Waals surface area contributed by atoms with E-state index in [1.807, 2.05) is 12.1 Å². The fourth-order valence-electron chi connectivity index (χ4n) is 1.62. The van der Waals surface area contributed by atoms with Crippen LogP contribution in [0, 0.1) is 0 Å². The minimum atomic E-state index is 0.297. The van der Waals surface area contributed by atoms with Crippen molar-refractivity contribution in [1.29, 1.82) is 0 Å². The Bertz CT molecular complexity index is 497. The van der Waals surface area contributed by atoms with Gasteiger partial charge in [-0.15, -0.1) is 0 Å². The van der Waals surface area contributed by atoms with Gasteiger partial charge in [-0.05, 0) is 28.8 Å². The number of hydrogen-bond donors (Lipinski definition) is 1. The molecule has 0 heterocycles. The predicted octanol–water partition coefficient (Wildman–Crippen LogP) is 4.47. The molecule has 2 rings (SSSR count). The van der Waals surface area contributed by atoms with Crippen LogP contribution in [0.5, 0.6) is 5.75 Å². The van der Waals surface area contributed by atoms with Crippen LogP contribution in [0.15, 0.2) is 54.6 Å². The van der Waals surface area contributed by atoms with Crippen molar-refractivity contribution in [2.75, 3.05) is 5.33 Å². The van der Waals surface area contributed by atoms with Crippen molar-refractivity contribution in [1.82, 2.24) is 0 Å². The van der Waals surface area contributed by atoms with Crippen LogP contribution >= 0.6 is 15.9 Å². The normalized spacial score (nSPS) is 10.9. The van der Waals surface area contributed by atoms with Gasteiger partial charge in [0.1, 0.15) is 5.75 Å². The van der Waals surface area contributed by atoms with E-state index in [-0.39, 0.29) is 0 Å². The van der Waals surface area contributed by atoms with Gasteiger partial charge in [-0.2, -0.15) is 0 Å². The molecule has 0 aromatic heterocycles. The molecular weight excluding hydrogens is 276 g/mol. The van der Waals surface area contributed by atoms with Crippen LogP contribution in [0.1, 0.15) is 5.56 Å². The Balaban J connectivity index is 2.23. The minimum absolute atomic E-state index is 0.297. The number of rotatable bonds is 3. The zero-order chi connectivity index (χ0) is 12.1. The van der Waals surface area contributed by atoms with Gasteiger partial charge >= 0.3 is 0 Å². The first kappa shape index (κ1) is 11.9. The number of phenols is 1. The quantitative estimate of drug-likeness (QED) is 0.827. The summed E-state index contributed by atoms with van der Waals surface area (Å²) < 4.78 is 0. The molecule has 0 aliphatic carbocycles. The summed E-state index contributed by atoms with van der Waals surface area (Å²) in [4.78, 5) is 0. The van der Waals surface area contributed by atoms with Gasteiger partial charge in [0.25, 0.3) is 0 Å². The molecule has 0 amide bonds. The summed E-state index contributed by atoms with van der Waals surface area (Å²) in [6.45, 7) is 0. The maximum atomic E-state index is 9.23. The summed E-state index contributed by atoms with van der Waals surface area (Å²) in [6.07, 6.45) is 4.14. The van der Waals surface area contributed by atoms with Gasteiger partial charge in [0.05, 0.1) is 0 Å². The second kappa shape index (κ2) is 5.69. The molecule has 0 atom stereocenters. The molecule has 2 heteroatoms. The molecule has 0 saturated carbocycles. The summed E-state index contributed by atoms with van der Waals surface area (Å²) >= 11 is 3.35. The van der Waals surface area contributed by atoms with Gasteiger partial charge in [0.15, 0.2) is 0 Å². The van der Waals surface area contributed by atoms with E-state index in [2.05, 4.69) is 52.3 Å². The zero-order valence-corrected chi connectivity index (χ0v) is 10.9. The number of halogens is 1. The number of aromatic hydroxyl groups is 1. The number of phenolic OH excluding ortho intramolecular Hbond substituents is 1. The molecule has 2 aromatic carbocycles. The average Bonchev–Trinajstić information content (AvgIpc) is 2.38. The Morgan fingerprint density at radius 3 is 1.94 bits per heavy atom. The fraction of sp³-hybridized carbons (Fsp3) is 0.0667. The van der Waals surface area contributed by atoms with Crippen molar-refractivity contribution < 1.29 is 5.11 Å². The number of alkyl halides is 1. The van der Waals surface area contributed by atoms with Crippen molar-refractivity contribution in [2.45, 2.75) is 0 Å². The molecule has 0 aliphatic rings. The Kier molecular flexibility index (Phi) is 3.99. The van der Waals surface area contributed by atoms with Crippen molar-refractivity contribution in [3.05, 3.63) is 60.2 Å². The molecular formula is C15H13BrO. The van der Waals surface area contributed by atoms with Crippen LogP contribution in [-0.2, 0) is 0 Å². The highest BCUT2D eigenvalue weighted by molar-refractivity contribution is 9.09. The molecule has 0 fully saturated rings. The Labute approximate surface area is 110 Å². The standard InChI is InChI=1S/C15H13BrO/c16-11-1-2-12-3-5-13(6-4-12)14-7-9-15(17)10-8-14/h1-10,17H,11H2. The summed E-state index contributed by atoms with van der Waals surface area (Å²) in [6, 6.07) is 15.6. The monoisotopic (exact) mass is 288 g/mol. The SMILES string of the molecule is Oc1ccc(-c2ccc(C=CCBr)cc2)cc1. The highest BCUT2D eigenvalue weighted by atomic mass is 79.9. The van der Waals surface area contributed by atoms with Crippen molar-refractivity contribution in [3.63, 3.8) is 0 Å². The lowest BCUT2D eigenvalue weighted by Crippen LogP contribution is -1.78. The molecule has 0 bridgehead atoms. The lowest BCUT2D eigenvalue weighted by molar-refractivity contribution is 0.475. The lowest BCUT2D eigenvalue weighted by Gasteiger charge is -2.02. The molecule has 86 valence electrons. The van der Waals surface area contributed by atoms with Crippen LogP contribution < -0.4 is 0 Å². The molecule has 0 aliphatic heterocycles. The summed E-state index contributed by atoms with van der Waals surface area (Å²) in [5.41, 5.74) is 3.45. The van der Waals surface area contributed by atoms with Crippen LogP contribution in [0.25, 0.3) is 17.2 Å². The van der Waals surface area contributed by atoms with Gasteiger partial charge < -0.3 is 5.11 Å². The molecule has 0 radical (unpaired) electrons. The van der Waals surface area contributed by atoms with Crippen LogP contribution in [0.4, 0.5) is 0 Å². The van der Waals surface area contributed by atoms with Crippen molar-refractivity contribution >= 4 is 22.0 Å². The van der Waals surface area contributed by atoms with Gasteiger partial charge in [0, 0.05) is 5.33 Å². The van der Waals surface area contributed by atoms with Crippen molar-refractivity contribution in [2.24, 2.45) is 0 Å². The second-order valence-corrected chi connectivity index (χ2v) is 4.37. The van der Waals surface area contributed by atoms with E-state index in [1.54, 1.807) is 12.1 Å². The molecule has 0 unspecified atom stereocenters. The Morgan fingerprint density at radius 1 is 0.882 bits per heavy atom. The lowest BCUT2D eigenvalue weighted by atomic mass is 10.0. The van der Waals surface area contributed by atoms with E-state index < -0.39 is 0 Å². The molecule has 0 spiro atoms. The fourth-order valence-corrected chi connectivity index (χ4v) is 1.81. The Hall–Kier alpha value is -1.54. The van der Waals surface area contributed by atoms with E-state index in [0.29, 0.717) is 5.75 Å². The average molecular weight is 289 g/mol. The Morgan fingerprint density at radius 2 is 1.41 bits per heavy atom. The third-order valence-corrected chi connectivity index (χ3v) is 2.88. The van der Waals surface area contributed by atoms with Crippen LogP contribution in [0.2, 0.25) is 0 Å².